The molecule has 0 N–H and O–H groups in total. The summed E-state index contributed by atoms with van der Waals surface area (Å²) in [5.41, 5.74) is 1.57. The van der Waals surface area contributed by atoms with Gasteiger partial charge < -0.3 is 9.15 Å². The molecule has 0 saturated carbocycles. The lowest BCUT2D eigenvalue weighted by atomic mass is 10.1. The van der Waals surface area contributed by atoms with Crippen molar-refractivity contribution in [3.63, 3.8) is 0 Å². The minimum atomic E-state index is -0.205. The summed E-state index contributed by atoms with van der Waals surface area (Å²) in [6, 6.07) is 16.2. The van der Waals surface area contributed by atoms with Crippen LogP contribution in [0.4, 0.5) is 0 Å². The maximum atomic E-state index is 12.1. The number of fused-ring (bicyclic) bond motifs is 1. The largest absolute Gasteiger partial charge is 0.458 e. The van der Waals surface area contributed by atoms with Gasteiger partial charge in [-0.2, -0.15) is 0 Å². The zero-order valence-electron chi connectivity index (χ0n) is 11.0. The third kappa shape index (κ3) is 2.24. The summed E-state index contributed by atoms with van der Waals surface area (Å²) in [6.45, 7) is 0. The van der Waals surface area contributed by atoms with Gasteiger partial charge in [-0.15, -0.1) is 0 Å². The normalized spacial score (nSPS) is 20.6. The van der Waals surface area contributed by atoms with Crippen molar-refractivity contribution in [1.29, 1.82) is 0 Å². The summed E-state index contributed by atoms with van der Waals surface area (Å²) >= 11 is 5.88. The quantitative estimate of drug-likeness (QED) is 0.664. The third-order valence-electron chi connectivity index (χ3n) is 3.62. The molecule has 3 nitrogen and oxygen atoms in total. The lowest BCUT2D eigenvalue weighted by Crippen LogP contribution is -2.01. The highest BCUT2D eigenvalue weighted by molar-refractivity contribution is 6.30. The summed E-state index contributed by atoms with van der Waals surface area (Å²) in [5.74, 6) is 0.568. The molecule has 1 aliphatic heterocycles. The lowest BCUT2D eigenvalue weighted by Gasteiger charge is -2.00. The van der Waals surface area contributed by atoms with Crippen LogP contribution in [0, 0.1) is 0 Å². The standard InChI is InChI=1S/C17H11ClO3/c18-11-7-5-10(6-8-11)16-17(21-16)15-9-13(19)12-3-1-2-4-14(12)20-15/h1-9,16-17H/t16-,17+/m1/s1. The molecule has 1 saturated heterocycles. The third-order valence-corrected chi connectivity index (χ3v) is 3.88. The Morgan fingerprint density at radius 1 is 0.952 bits per heavy atom. The van der Waals surface area contributed by atoms with Crippen LogP contribution in [-0.2, 0) is 4.74 Å². The second-order valence-electron chi connectivity index (χ2n) is 5.04. The Labute approximate surface area is 125 Å². The monoisotopic (exact) mass is 298 g/mol. The number of halogens is 1. The summed E-state index contributed by atoms with van der Waals surface area (Å²) in [5, 5.41) is 1.28. The van der Waals surface area contributed by atoms with Gasteiger partial charge in [0, 0.05) is 11.1 Å². The molecule has 2 aromatic carbocycles. The predicted octanol–water partition coefficient (Wildman–Crippen LogP) is 4.26. The van der Waals surface area contributed by atoms with Crippen molar-refractivity contribution in [3.8, 4) is 0 Å². The number of hydrogen-bond acceptors (Lipinski definition) is 3. The SMILES string of the molecule is O=c1cc([C@@H]2O[C@@H]2c2ccc(Cl)cc2)oc2ccccc12. The van der Waals surface area contributed by atoms with E-state index in [4.69, 9.17) is 20.8 Å². The van der Waals surface area contributed by atoms with Crippen LogP contribution in [0.15, 0.2) is 63.8 Å². The van der Waals surface area contributed by atoms with Crippen molar-refractivity contribution in [1.82, 2.24) is 0 Å². The van der Waals surface area contributed by atoms with Gasteiger partial charge in [0.1, 0.15) is 23.6 Å². The van der Waals surface area contributed by atoms with E-state index in [2.05, 4.69) is 0 Å². The molecule has 0 bridgehead atoms. The molecule has 21 heavy (non-hydrogen) atoms. The van der Waals surface area contributed by atoms with Gasteiger partial charge in [0.2, 0.25) is 0 Å². The number of rotatable bonds is 2. The fraction of sp³-hybridized carbons (Fsp3) is 0.118. The van der Waals surface area contributed by atoms with Crippen LogP contribution in [0.25, 0.3) is 11.0 Å². The molecular formula is C17H11ClO3. The van der Waals surface area contributed by atoms with Gasteiger partial charge in [-0.05, 0) is 29.8 Å². The highest BCUT2D eigenvalue weighted by atomic mass is 35.5. The molecule has 0 amide bonds. The minimum absolute atomic E-state index is 0.0443. The maximum absolute atomic E-state index is 12.1. The lowest BCUT2D eigenvalue weighted by molar-refractivity contribution is 0.352. The first kappa shape index (κ1) is 12.6. The molecular weight excluding hydrogens is 288 g/mol. The van der Waals surface area contributed by atoms with E-state index >= 15 is 0 Å². The maximum Gasteiger partial charge on any atom is 0.193 e. The van der Waals surface area contributed by atoms with Gasteiger partial charge in [-0.1, -0.05) is 35.9 Å². The molecule has 0 aliphatic carbocycles. The molecule has 104 valence electrons. The van der Waals surface area contributed by atoms with Crippen LogP contribution in [-0.4, -0.2) is 0 Å². The first-order chi connectivity index (χ1) is 10.2. The Bertz CT molecular complexity index is 867. The van der Waals surface area contributed by atoms with E-state index in [0.717, 1.165) is 5.56 Å². The Kier molecular flexibility index (Phi) is 2.84. The van der Waals surface area contributed by atoms with E-state index in [-0.39, 0.29) is 17.6 Å². The van der Waals surface area contributed by atoms with Gasteiger partial charge in [-0.3, -0.25) is 4.79 Å². The van der Waals surface area contributed by atoms with Gasteiger partial charge in [0.15, 0.2) is 5.43 Å². The molecule has 2 heterocycles. The molecule has 4 heteroatoms. The second kappa shape index (κ2) is 4.72. The first-order valence-corrected chi connectivity index (χ1v) is 7.04. The van der Waals surface area contributed by atoms with Crippen molar-refractivity contribution in [3.05, 3.63) is 81.2 Å². The molecule has 1 aliphatic rings. The summed E-state index contributed by atoms with van der Waals surface area (Å²) in [4.78, 5) is 12.1. The van der Waals surface area contributed by atoms with Crippen LogP contribution < -0.4 is 5.43 Å². The van der Waals surface area contributed by atoms with Crippen molar-refractivity contribution >= 4 is 22.6 Å². The van der Waals surface area contributed by atoms with E-state index in [1.54, 1.807) is 12.1 Å². The summed E-state index contributed by atoms with van der Waals surface area (Å²) < 4.78 is 11.4. The van der Waals surface area contributed by atoms with Crippen molar-refractivity contribution in [2.24, 2.45) is 0 Å². The number of benzene rings is 2. The zero-order valence-corrected chi connectivity index (χ0v) is 11.7. The highest BCUT2D eigenvalue weighted by Crippen LogP contribution is 2.51. The number of hydrogen-bond donors (Lipinski definition) is 0. The molecule has 2 atom stereocenters. The highest BCUT2D eigenvalue weighted by Gasteiger charge is 2.43. The van der Waals surface area contributed by atoms with E-state index in [9.17, 15) is 4.79 Å². The van der Waals surface area contributed by atoms with Gasteiger partial charge in [-0.25, -0.2) is 0 Å². The smallest absolute Gasteiger partial charge is 0.193 e. The van der Waals surface area contributed by atoms with Crippen LogP contribution >= 0.6 is 11.6 Å². The summed E-state index contributed by atoms with van der Waals surface area (Å²) in [7, 11) is 0. The molecule has 0 unspecified atom stereocenters. The molecule has 0 radical (unpaired) electrons. The average Bonchev–Trinajstić information content (AvgIpc) is 3.28. The predicted molar refractivity (Wildman–Crippen MR) is 80.5 cm³/mol. The van der Waals surface area contributed by atoms with Crippen LogP contribution in [0.1, 0.15) is 23.5 Å². The Hall–Kier alpha value is -2.10. The Morgan fingerprint density at radius 3 is 2.52 bits per heavy atom. The number of epoxide rings is 1. The van der Waals surface area contributed by atoms with E-state index in [1.807, 2.05) is 36.4 Å². The van der Waals surface area contributed by atoms with Gasteiger partial charge in [0.05, 0.1) is 5.39 Å². The van der Waals surface area contributed by atoms with E-state index < -0.39 is 0 Å². The average molecular weight is 299 g/mol. The second-order valence-corrected chi connectivity index (χ2v) is 5.47. The van der Waals surface area contributed by atoms with Crippen LogP contribution in [0.2, 0.25) is 5.02 Å². The van der Waals surface area contributed by atoms with Crippen LogP contribution in [0.3, 0.4) is 0 Å². The van der Waals surface area contributed by atoms with Crippen molar-refractivity contribution < 1.29 is 9.15 Å². The molecule has 1 aromatic heterocycles. The Balaban J connectivity index is 1.69. The molecule has 1 fully saturated rings. The summed E-state index contributed by atoms with van der Waals surface area (Å²) in [6.07, 6.45) is -0.282. The number of para-hydroxylation sites is 1. The number of ether oxygens (including phenoxy) is 1. The van der Waals surface area contributed by atoms with Gasteiger partial charge >= 0.3 is 0 Å². The molecule has 0 spiro atoms. The van der Waals surface area contributed by atoms with Crippen LogP contribution in [0.5, 0.6) is 0 Å². The minimum Gasteiger partial charge on any atom is -0.458 e. The first-order valence-electron chi connectivity index (χ1n) is 6.66. The zero-order chi connectivity index (χ0) is 14.4. The van der Waals surface area contributed by atoms with E-state index in [1.165, 1.54) is 6.07 Å². The Morgan fingerprint density at radius 2 is 1.71 bits per heavy atom. The fourth-order valence-electron chi connectivity index (χ4n) is 2.50. The van der Waals surface area contributed by atoms with Crippen molar-refractivity contribution in [2.75, 3.05) is 0 Å². The van der Waals surface area contributed by atoms with E-state index in [0.29, 0.717) is 21.8 Å². The molecule has 3 aromatic rings. The van der Waals surface area contributed by atoms with Crippen molar-refractivity contribution in [2.45, 2.75) is 12.2 Å². The fourth-order valence-corrected chi connectivity index (χ4v) is 2.62. The van der Waals surface area contributed by atoms with Gasteiger partial charge in [0.25, 0.3) is 0 Å². The topological polar surface area (TPSA) is 42.7 Å². The molecule has 4 rings (SSSR count).